The molecule has 0 atom stereocenters. The van der Waals surface area contributed by atoms with E-state index in [1.807, 2.05) is 23.1 Å². The van der Waals surface area contributed by atoms with Gasteiger partial charge in [-0.25, -0.2) is 0 Å². The van der Waals surface area contributed by atoms with Crippen LogP contribution in [0.1, 0.15) is 22.5 Å². The lowest BCUT2D eigenvalue weighted by Crippen LogP contribution is -2.48. The minimum absolute atomic E-state index is 0.0110. The summed E-state index contributed by atoms with van der Waals surface area (Å²) in [7, 11) is 0. The van der Waals surface area contributed by atoms with E-state index in [0.717, 1.165) is 13.1 Å². The van der Waals surface area contributed by atoms with Gasteiger partial charge < -0.3 is 9.80 Å². The number of anilines is 1. The van der Waals surface area contributed by atoms with Crippen LogP contribution < -0.4 is 4.90 Å². The number of hydrogen-bond donors (Lipinski definition) is 0. The van der Waals surface area contributed by atoms with Crippen LogP contribution in [-0.2, 0) is 4.79 Å². The molecule has 1 amide bonds. The average Bonchev–Trinajstić information content (AvgIpc) is 3.07. The maximum Gasteiger partial charge on any atom is 0.223 e. The van der Waals surface area contributed by atoms with Crippen molar-refractivity contribution >= 4 is 40.3 Å². The number of para-hydroxylation sites is 1. The molecule has 0 spiro atoms. The number of rotatable bonds is 5. The molecule has 1 aromatic heterocycles. The normalized spacial score (nSPS) is 14.7. The molecule has 2 heterocycles. The molecule has 0 saturated carbocycles. The number of benzene rings is 1. The lowest BCUT2D eigenvalue weighted by atomic mass is 10.1. The van der Waals surface area contributed by atoms with Gasteiger partial charge in [0, 0.05) is 44.7 Å². The van der Waals surface area contributed by atoms with Crippen LogP contribution in [0.2, 0.25) is 4.34 Å². The lowest BCUT2D eigenvalue weighted by molar-refractivity contribution is -0.131. The van der Waals surface area contributed by atoms with Crippen molar-refractivity contribution < 1.29 is 9.59 Å². The smallest absolute Gasteiger partial charge is 0.223 e. The molecule has 0 bridgehead atoms. The summed E-state index contributed by atoms with van der Waals surface area (Å²) in [4.78, 5) is 29.1. The molecule has 0 unspecified atom stereocenters. The molecule has 1 aliphatic rings. The SMILES string of the molecule is O=C(CCC(=O)N1CCN(c2ccccc2)CC1)c1ccc(Cl)s1. The molecule has 1 fully saturated rings. The third-order valence-corrected chi connectivity index (χ3v) is 5.44. The molecule has 1 saturated heterocycles. The second-order valence-corrected chi connectivity index (χ2v) is 7.45. The highest BCUT2D eigenvalue weighted by atomic mass is 35.5. The van der Waals surface area contributed by atoms with Gasteiger partial charge in [0.05, 0.1) is 9.21 Å². The predicted octanol–water partition coefficient (Wildman–Crippen LogP) is 3.71. The van der Waals surface area contributed by atoms with Gasteiger partial charge in [0.25, 0.3) is 0 Å². The number of amides is 1. The fourth-order valence-corrected chi connectivity index (χ4v) is 3.83. The second-order valence-electron chi connectivity index (χ2n) is 5.73. The fourth-order valence-electron chi connectivity index (χ4n) is 2.82. The first-order valence-corrected chi connectivity index (χ1v) is 9.19. The van der Waals surface area contributed by atoms with Crippen molar-refractivity contribution in [3.8, 4) is 0 Å². The summed E-state index contributed by atoms with van der Waals surface area (Å²) in [5.74, 6) is 0.0434. The van der Waals surface area contributed by atoms with E-state index < -0.39 is 0 Å². The zero-order valence-electron chi connectivity index (χ0n) is 13.3. The topological polar surface area (TPSA) is 40.6 Å². The Morgan fingerprint density at radius 3 is 2.29 bits per heavy atom. The summed E-state index contributed by atoms with van der Waals surface area (Å²) in [6, 6.07) is 13.7. The largest absolute Gasteiger partial charge is 0.368 e. The predicted molar refractivity (Wildman–Crippen MR) is 98.1 cm³/mol. The van der Waals surface area contributed by atoms with Crippen molar-refractivity contribution in [2.75, 3.05) is 31.1 Å². The third kappa shape index (κ3) is 4.16. The van der Waals surface area contributed by atoms with E-state index in [2.05, 4.69) is 17.0 Å². The molecule has 6 heteroatoms. The van der Waals surface area contributed by atoms with Crippen molar-refractivity contribution in [1.29, 1.82) is 0 Å². The van der Waals surface area contributed by atoms with Crippen molar-refractivity contribution in [3.63, 3.8) is 0 Å². The number of thiophene rings is 1. The van der Waals surface area contributed by atoms with Gasteiger partial charge in [-0.05, 0) is 24.3 Å². The number of halogens is 1. The van der Waals surface area contributed by atoms with Gasteiger partial charge in [-0.3, -0.25) is 9.59 Å². The Morgan fingerprint density at radius 2 is 1.67 bits per heavy atom. The van der Waals surface area contributed by atoms with Crippen LogP contribution in [0, 0.1) is 0 Å². The molecular formula is C18H19ClN2O2S. The van der Waals surface area contributed by atoms with Crippen LogP contribution in [-0.4, -0.2) is 42.8 Å². The van der Waals surface area contributed by atoms with Crippen molar-refractivity contribution in [1.82, 2.24) is 4.90 Å². The van der Waals surface area contributed by atoms with Crippen LogP contribution in [0.3, 0.4) is 0 Å². The van der Waals surface area contributed by atoms with E-state index >= 15 is 0 Å². The number of ketones is 1. The van der Waals surface area contributed by atoms with Gasteiger partial charge in [-0.2, -0.15) is 0 Å². The maximum absolute atomic E-state index is 12.3. The summed E-state index contributed by atoms with van der Waals surface area (Å²) in [5.41, 5.74) is 1.19. The van der Waals surface area contributed by atoms with Gasteiger partial charge in [0.15, 0.2) is 5.78 Å². The Bertz CT molecular complexity index is 709. The molecule has 24 heavy (non-hydrogen) atoms. The van der Waals surface area contributed by atoms with E-state index in [1.54, 1.807) is 12.1 Å². The molecule has 1 aliphatic heterocycles. The maximum atomic E-state index is 12.3. The summed E-state index contributed by atoms with van der Waals surface area (Å²) in [5, 5.41) is 0. The van der Waals surface area contributed by atoms with E-state index in [-0.39, 0.29) is 24.5 Å². The zero-order valence-corrected chi connectivity index (χ0v) is 14.9. The lowest BCUT2D eigenvalue weighted by Gasteiger charge is -2.36. The van der Waals surface area contributed by atoms with Crippen LogP contribution in [0.5, 0.6) is 0 Å². The van der Waals surface area contributed by atoms with Crippen LogP contribution in [0.4, 0.5) is 5.69 Å². The van der Waals surface area contributed by atoms with Crippen molar-refractivity contribution in [3.05, 3.63) is 51.7 Å². The van der Waals surface area contributed by atoms with Crippen LogP contribution >= 0.6 is 22.9 Å². The summed E-state index contributed by atoms with van der Waals surface area (Å²) >= 11 is 7.10. The van der Waals surface area contributed by atoms with E-state index in [0.29, 0.717) is 22.3 Å². The van der Waals surface area contributed by atoms with E-state index in [4.69, 9.17) is 11.6 Å². The zero-order chi connectivity index (χ0) is 16.9. The average molecular weight is 363 g/mol. The van der Waals surface area contributed by atoms with E-state index in [9.17, 15) is 9.59 Å². The van der Waals surface area contributed by atoms with Gasteiger partial charge in [-0.1, -0.05) is 29.8 Å². The molecule has 3 rings (SSSR count). The molecule has 0 N–H and O–H groups in total. The molecule has 1 aromatic carbocycles. The molecule has 4 nitrogen and oxygen atoms in total. The summed E-state index contributed by atoms with van der Waals surface area (Å²) < 4.78 is 0.599. The first kappa shape index (κ1) is 17.0. The minimum Gasteiger partial charge on any atom is -0.368 e. The molecule has 0 radical (unpaired) electrons. The quantitative estimate of drug-likeness (QED) is 0.761. The fraction of sp³-hybridized carbons (Fsp3) is 0.333. The highest BCUT2D eigenvalue weighted by molar-refractivity contribution is 7.18. The van der Waals surface area contributed by atoms with Crippen LogP contribution in [0.15, 0.2) is 42.5 Å². The van der Waals surface area contributed by atoms with Gasteiger partial charge >= 0.3 is 0 Å². The standard InChI is InChI=1S/C18H19ClN2O2S/c19-17-8-7-16(24-17)15(22)6-9-18(23)21-12-10-20(11-13-21)14-4-2-1-3-5-14/h1-5,7-8H,6,9-13H2. The van der Waals surface area contributed by atoms with Crippen LogP contribution in [0.25, 0.3) is 0 Å². The summed E-state index contributed by atoms with van der Waals surface area (Å²) in [6.45, 7) is 3.05. The monoisotopic (exact) mass is 362 g/mol. The third-order valence-electron chi connectivity index (χ3n) is 4.17. The Labute approximate surface area is 150 Å². The Kier molecular flexibility index (Phi) is 5.53. The Hall–Kier alpha value is -1.85. The van der Waals surface area contributed by atoms with Gasteiger partial charge in [-0.15, -0.1) is 11.3 Å². The van der Waals surface area contributed by atoms with Crippen molar-refractivity contribution in [2.45, 2.75) is 12.8 Å². The highest BCUT2D eigenvalue weighted by Gasteiger charge is 2.22. The Morgan fingerprint density at radius 1 is 0.958 bits per heavy atom. The van der Waals surface area contributed by atoms with E-state index in [1.165, 1.54) is 17.0 Å². The number of carbonyl (C=O) groups excluding carboxylic acids is 2. The molecule has 0 aliphatic carbocycles. The van der Waals surface area contributed by atoms with Gasteiger partial charge in [0.1, 0.15) is 0 Å². The number of piperazine rings is 1. The first-order chi connectivity index (χ1) is 11.6. The molecule has 2 aromatic rings. The number of hydrogen-bond acceptors (Lipinski definition) is 4. The second kappa shape index (κ2) is 7.81. The Balaban J connectivity index is 1.46. The minimum atomic E-state index is -0.0110. The first-order valence-electron chi connectivity index (χ1n) is 8.00. The number of carbonyl (C=O) groups is 2. The summed E-state index contributed by atoms with van der Waals surface area (Å²) in [6.07, 6.45) is 0.508. The van der Waals surface area contributed by atoms with Crippen molar-refractivity contribution in [2.24, 2.45) is 0 Å². The van der Waals surface area contributed by atoms with Gasteiger partial charge in [0.2, 0.25) is 5.91 Å². The molecule has 126 valence electrons. The number of nitrogens with zero attached hydrogens (tertiary/aromatic N) is 2. The number of Topliss-reactive ketones (excluding diaryl/α,β-unsaturated/α-hetero) is 1. The molecular weight excluding hydrogens is 344 g/mol. The highest BCUT2D eigenvalue weighted by Crippen LogP contribution is 2.23.